The van der Waals surface area contributed by atoms with Crippen LogP contribution in [0.1, 0.15) is 90.5 Å². The Labute approximate surface area is 172 Å². The maximum atomic E-state index is 11.3. The van der Waals surface area contributed by atoms with Crippen LogP contribution >= 0.6 is 0 Å². The monoisotopic (exact) mass is 418 g/mol. The van der Waals surface area contributed by atoms with Gasteiger partial charge < -0.3 is 10.2 Å². The van der Waals surface area contributed by atoms with Crippen LogP contribution in [0.25, 0.3) is 0 Å². The molecule has 0 amide bonds. The van der Waals surface area contributed by atoms with Gasteiger partial charge in [0.2, 0.25) is 0 Å². The van der Waals surface area contributed by atoms with Crippen molar-refractivity contribution in [2.45, 2.75) is 96.3 Å². The van der Waals surface area contributed by atoms with Crippen LogP contribution in [0.4, 0.5) is 0 Å². The van der Waals surface area contributed by atoms with E-state index in [1.165, 1.54) is 57.4 Å². The number of aryl methyl sites for hydroxylation is 1. The van der Waals surface area contributed by atoms with E-state index in [9.17, 15) is 13.0 Å². The molecular weight excluding hydrogens is 376 g/mol. The highest BCUT2D eigenvalue weighted by Gasteiger charge is 2.13. The summed E-state index contributed by atoms with van der Waals surface area (Å²) < 4.78 is 31.8. The molecule has 0 aliphatic heterocycles. The SMILES string of the molecule is CCCCCCCCCCCCc1ccccc1S(=O)(=O)O.CCO.CCO. The molecule has 0 spiro atoms. The lowest BCUT2D eigenvalue weighted by molar-refractivity contribution is 0.318. The van der Waals surface area contributed by atoms with E-state index >= 15 is 0 Å². The number of aliphatic hydroxyl groups excluding tert-OH is 2. The second-order valence-electron chi connectivity index (χ2n) is 6.65. The molecule has 6 heteroatoms. The summed E-state index contributed by atoms with van der Waals surface area (Å²) in [6, 6.07) is 6.73. The number of hydrogen-bond acceptors (Lipinski definition) is 4. The van der Waals surface area contributed by atoms with Crippen molar-refractivity contribution in [1.29, 1.82) is 0 Å². The van der Waals surface area contributed by atoms with Crippen molar-refractivity contribution in [3.8, 4) is 0 Å². The molecular formula is C22H42O5S. The van der Waals surface area contributed by atoms with Crippen LogP contribution in [0.2, 0.25) is 0 Å². The Hall–Kier alpha value is -0.950. The Morgan fingerprint density at radius 2 is 1.11 bits per heavy atom. The van der Waals surface area contributed by atoms with Crippen LogP contribution in [-0.2, 0) is 16.5 Å². The van der Waals surface area contributed by atoms with E-state index in [1.54, 1.807) is 26.0 Å². The van der Waals surface area contributed by atoms with Crippen LogP contribution in [0.5, 0.6) is 0 Å². The minimum Gasteiger partial charge on any atom is -0.397 e. The Morgan fingerprint density at radius 1 is 0.714 bits per heavy atom. The summed E-state index contributed by atoms with van der Waals surface area (Å²) in [6.07, 6.45) is 13.3. The van der Waals surface area contributed by atoms with Gasteiger partial charge in [-0.1, -0.05) is 82.9 Å². The van der Waals surface area contributed by atoms with Crippen molar-refractivity contribution < 1.29 is 23.2 Å². The highest BCUT2D eigenvalue weighted by Crippen LogP contribution is 2.18. The van der Waals surface area contributed by atoms with E-state index in [2.05, 4.69) is 6.92 Å². The molecule has 0 aliphatic rings. The molecule has 0 fully saturated rings. The highest BCUT2D eigenvalue weighted by molar-refractivity contribution is 7.85. The minimum absolute atomic E-state index is 0.0610. The fourth-order valence-electron chi connectivity index (χ4n) is 2.76. The molecule has 5 nitrogen and oxygen atoms in total. The van der Waals surface area contributed by atoms with E-state index in [-0.39, 0.29) is 18.1 Å². The molecule has 0 radical (unpaired) electrons. The maximum Gasteiger partial charge on any atom is 0.294 e. The summed E-state index contributed by atoms with van der Waals surface area (Å²) in [6.45, 7) is 6.10. The normalized spacial score (nSPS) is 10.5. The number of hydrogen-bond donors (Lipinski definition) is 3. The fourth-order valence-corrected chi connectivity index (χ4v) is 3.52. The predicted octanol–water partition coefficient (Wildman–Crippen LogP) is 5.39. The molecule has 1 rings (SSSR count). The lowest BCUT2D eigenvalue weighted by Gasteiger charge is -2.07. The van der Waals surface area contributed by atoms with Crippen molar-refractivity contribution in [2.75, 3.05) is 13.2 Å². The largest absolute Gasteiger partial charge is 0.397 e. The average molecular weight is 419 g/mol. The van der Waals surface area contributed by atoms with Gasteiger partial charge in [-0.25, -0.2) is 0 Å². The lowest BCUT2D eigenvalue weighted by Crippen LogP contribution is -2.03. The van der Waals surface area contributed by atoms with Gasteiger partial charge in [-0.3, -0.25) is 4.55 Å². The van der Waals surface area contributed by atoms with E-state index in [0.29, 0.717) is 6.42 Å². The zero-order chi connectivity index (χ0) is 21.7. The molecule has 3 N–H and O–H groups in total. The smallest absolute Gasteiger partial charge is 0.294 e. The predicted molar refractivity (Wildman–Crippen MR) is 117 cm³/mol. The average Bonchev–Trinajstić information content (AvgIpc) is 2.64. The zero-order valence-corrected chi connectivity index (χ0v) is 18.9. The lowest BCUT2D eigenvalue weighted by atomic mass is 10.0. The van der Waals surface area contributed by atoms with Crippen molar-refractivity contribution >= 4 is 10.1 Å². The Bertz CT molecular complexity index is 542. The van der Waals surface area contributed by atoms with Gasteiger partial charge in [0.05, 0.1) is 4.90 Å². The highest BCUT2D eigenvalue weighted by atomic mass is 32.2. The number of aliphatic hydroxyl groups is 2. The molecule has 0 aromatic heterocycles. The fraction of sp³-hybridized carbons (Fsp3) is 0.727. The summed E-state index contributed by atoms with van der Waals surface area (Å²) in [5, 5.41) is 15.1. The van der Waals surface area contributed by atoms with Gasteiger partial charge in [0, 0.05) is 13.2 Å². The standard InChI is InChI=1S/C18H30O3S.2C2H6O/c1-2-3-4-5-6-7-8-9-10-11-14-17-15-12-13-16-18(17)22(19,20)21;2*1-2-3/h12-13,15-16H,2-11,14H2,1H3,(H,19,20,21);2*3H,2H2,1H3. The van der Waals surface area contributed by atoms with Crippen molar-refractivity contribution in [3.63, 3.8) is 0 Å². The van der Waals surface area contributed by atoms with Crippen LogP contribution in [0.3, 0.4) is 0 Å². The first kappa shape index (κ1) is 29.3. The minimum atomic E-state index is -4.10. The molecule has 0 unspecified atom stereocenters. The van der Waals surface area contributed by atoms with Gasteiger partial charge in [0.25, 0.3) is 10.1 Å². The van der Waals surface area contributed by atoms with Crippen molar-refractivity contribution in [2.24, 2.45) is 0 Å². The van der Waals surface area contributed by atoms with Gasteiger partial charge in [-0.15, -0.1) is 0 Å². The van der Waals surface area contributed by atoms with E-state index in [1.807, 2.05) is 6.07 Å². The summed E-state index contributed by atoms with van der Waals surface area (Å²) in [5.41, 5.74) is 0.726. The van der Waals surface area contributed by atoms with E-state index in [0.717, 1.165) is 18.4 Å². The molecule has 1 aromatic rings. The summed E-state index contributed by atoms with van der Waals surface area (Å²) in [5.74, 6) is 0. The summed E-state index contributed by atoms with van der Waals surface area (Å²) in [7, 11) is -4.10. The molecule has 0 saturated heterocycles. The molecule has 0 aliphatic carbocycles. The topological polar surface area (TPSA) is 94.8 Å². The van der Waals surface area contributed by atoms with Crippen LogP contribution in [0.15, 0.2) is 29.2 Å². The first-order chi connectivity index (χ1) is 13.4. The van der Waals surface area contributed by atoms with Crippen molar-refractivity contribution in [1.82, 2.24) is 0 Å². The van der Waals surface area contributed by atoms with Crippen molar-refractivity contribution in [3.05, 3.63) is 29.8 Å². The van der Waals surface area contributed by atoms with Gasteiger partial charge in [-0.05, 0) is 38.3 Å². The first-order valence-corrected chi connectivity index (χ1v) is 12.1. The summed E-state index contributed by atoms with van der Waals surface area (Å²) in [4.78, 5) is 0.0610. The first-order valence-electron chi connectivity index (χ1n) is 10.7. The van der Waals surface area contributed by atoms with Crippen LogP contribution in [0, 0.1) is 0 Å². The third-order valence-electron chi connectivity index (χ3n) is 4.05. The quantitative estimate of drug-likeness (QED) is 0.312. The molecule has 0 bridgehead atoms. The van der Waals surface area contributed by atoms with E-state index < -0.39 is 10.1 Å². The van der Waals surface area contributed by atoms with Gasteiger partial charge >= 0.3 is 0 Å². The van der Waals surface area contributed by atoms with Crippen LogP contribution in [-0.4, -0.2) is 36.4 Å². The van der Waals surface area contributed by atoms with E-state index in [4.69, 9.17) is 10.2 Å². The third kappa shape index (κ3) is 18.4. The second-order valence-corrected chi connectivity index (χ2v) is 8.04. The Kier molecular flexibility index (Phi) is 21.7. The molecule has 1 aromatic carbocycles. The maximum absolute atomic E-state index is 11.3. The molecule has 166 valence electrons. The van der Waals surface area contributed by atoms with Gasteiger partial charge in [-0.2, -0.15) is 8.42 Å². The molecule has 0 atom stereocenters. The Morgan fingerprint density at radius 3 is 1.54 bits per heavy atom. The number of unbranched alkanes of at least 4 members (excludes halogenated alkanes) is 9. The van der Waals surface area contributed by atoms with Gasteiger partial charge in [0.15, 0.2) is 0 Å². The Balaban J connectivity index is 0. The van der Waals surface area contributed by atoms with Crippen LogP contribution < -0.4 is 0 Å². The molecule has 0 saturated carbocycles. The second kappa shape index (κ2) is 20.8. The third-order valence-corrected chi connectivity index (χ3v) is 5.00. The number of benzene rings is 1. The number of rotatable bonds is 12. The van der Waals surface area contributed by atoms with Gasteiger partial charge in [0.1, 0.15) is 0 Å². The molecule has 28 heavy (non-hydrogen) atoms. The zero-order valence-electron chi connectivity index (χ0n) is 18.1. The summed E-state index contributed by atoms with van der Waals surface area (Å²) >= 11 is 0. The molecule has 0 heterocycles.